The Hall–Kier alpha value is -2.28. The average molecular weight is 422 g/mol. The third kappa shape index (κ3) is 4.83. The maximum Gasteiger partial charge on any atom is 0.410 e. The van der Waals surface area contributed by atoms with Crippen LogP contribution < -0.4 is 9.47 Å². The molecule has 0 saturated carbocycles. The van der Waals surface area contributed by atoms with Gasteiger partial charge in [-0.25, -0.2) is 4.79 Å². The first-order valence-corrected chi connectivity index (χ1v) is 10.3. The fourth-order valence-corrected chi connectivity index (χ4v) is 3.89. The number of aromatic nitrogens is 2. The molecule has 2 aromatic rings. The van der Waals surface area contributed by atoms with Crippen LogP contribution in [0.1, 0.15) is 52.0 Å². The average Bonchev–Trinajstić information content (AvgIpc) is 2.66. The first kappa shape index (κ1) is 21.4. The van der Waals surface area contributed by atoms with Gasteiger partial charge < -0.3 is 19.1 Å². The Morgan fingerprint density at radius 2 is 1.93 bits per heavy atom. The van der Waals surface area contributed by atoms with E-state index in [0.717, 1.165) is 35.1 Å². The molecule has 0 unspecified atom stereocenters. The molecule has 0 atom stereocenters. The van der Waals surface area contributed by atoms with Crippen molar-refractivity contribution in [2.45, 2.75) is 52.1 Å². The molecule has 1 fully saturated rings. The van der Waals surface area contributed by atoms with E-state index in [-0.39, 0.29) is 18.0 Å². The number of benzene rings is 1. The molecule has 3 rings (SSSR count). The molecule has 0 bridgehead atoms. The molecule has 7 nitrogen and oxygen atoms in total. The summed E-state index contributed by atoms with van der Waals surface area (Å²) >= 11 is 6.53. The van der Waals surface area contributed by atoms with Gasteiger partial charge in [0.25, 0.3) is 0 Å². The van der Waals surface area contributed by atoms with Crippen LogP contribution in [0.15, 0.2) is 12.1 Å². The van der Waals surface area contributed by atoms with Crippen molar-refractivity contribution in [2.75, 3.05) is 26.8 Å². The second-order valence-corrected chi connectivity index (χ2v) is 8.41. The van der Waals surface area contributed by atoms with Gasteiger partial charge in [-0.3, -0.25) is 0 Å². The van der Waals surface area contributed by atoms with E-state index in [4.69, 9.17) is 25.8 Å². The van der Waals surface area contributed by atoms with Crippen molar-refractivity contribution in [3.05, 3.63) is 22.8 Å². The smallest absolute Gasteiger partial charge is 0.410 e. The van der Waals surface area contributed by atoms with Crippen LogP contribution in [0.2, 0.25) is 5.15 Å². The second-order valence-electron chi connectivity index (χ2n) is 8.05. The van der Waals surface area contributed by atoms with Crippen LogP contribution >= 0.6 is 11.6 Å². The van der Waals surface area contributed by atoms with Crippen LogP contribution in [-0.4, -0.2) is 53.4 Å². The molecule has 0 radical (unpaired) electrons. The molecule has 0 spiro atoms. The van der Waals surface area contributed by atoms with Gasteiger partial charge in [0, 0.05) is 24.0 Å². The van der Waals surface area contributed by atoms with Crippen molar-refractivity contribution in [1.29, 1.82) is 0 Å². The van der Waals surface area contributed by atoms with Gasteiger partial charge in [0.05, 0.1) is 19.2 Å². The van der Waals surface area contributed by atoms with Crippen molar-refractivity contribution in [3.8, 4) is 11.8 Å². The van der Waals surface area contributed by atoms with Crippen molar-refractivity contribution in [3.63, 3.8) is 0 Å². The summed E-state index contributed by atoms with van der Waals surface area (Å²) in [7, 11) is 1.64. The van der Waals surface area contributed by atoms with Crippen LogP contribution in [0.5, 0.6) is 11.8 Å². The molecule has 158 valence electrons. The minimum Gasteiger partial charge on any atom is -0.496 e. The summed E-state index contributed by atoms with van der Waals surface area (Å²) in [6.07, 6.45) is 1.28. The number of fused-ring (bicyclic) bond motifs is 1. The fraction of sp³-hybridized carbons (Fsp3) is 0.571. The number of carbonyl (C=O) groups excluding carboxylic acids is 1. The van der Waals surface area contributed by atoms with Crippen LogP contribution in [0, 0.1) is 0 Å². The zero-order valence-electron chi connectivity index (χ0n) is 17.6. The number of nitrogens with zero attached hydrogens (tertiary/aromatic N) is 3. The van der Waals surface area contributed by atoms with Crippen LogP contribution in [0.3, 0.4) is 0 Å². The summed E-state index contributed by atoms with van der Waals surface area (Å²) in [6, 6.07) is 4.03. The summed E-state index contributed by atoms with van der Waals surface area (Å²) in [5, 5.41) is 1.13. The molecule has 1 aliphatic rings. The highest BCUT2D eigenvalue weighted by Gasteiger charge is 2.30. The number of methoxy groups -OCH3 is 1. The quantitative estimate of drug-likeness (QED) is 0.660. The van der Waals surface area contributed by atoms with Crippen molar-refractivity contribution >= 4 is 28.6 Å². The number of carbonyl (C=O) groups is 1. The van der Waals surface area contributed by atoms with Gasteiger partial charge >= 0.3 is 12.1 Å². The maximum absolute atomic E-state index is 12.4. The predicted molar refractivity (Wildman–Crippen MR) is 112 cm³/mol. The van der Waals surface area contributed by atoms with Gasteiger partial charge in [-0.15, -0.1) is 0 Å². The van der Waals surface area contributed by atoms with Gasteiger partial charge in [-0.1, -0.05) is 11.6 Å². The number of rotatable bonds is 4. The SMILES string of the molecule is CCOc1nc(Cl)c2c(C3CCN(C(=O)OC(C)(C)C)CC3)c(OC)ccc2n1. The summed E-state index contributed by atoms with van der Waals surface area (Å²) in [6.45, 7) is 9.17. The predicted octanol–water partition coefficient (Wildman–Crippen LogP) is 4.81. The van der Waals surface area contributed by atoms with Crippen LogP contribution in [0.4, 0.5) is 4.79 Å². The maximum atomic E-state index is 12.4. The molecule has 1 aromatic carbocycles. The summed E-state index contributed by atoms with van der Waals surface area (Å²) < 4.78 is 16.5. The van der Waals surface area contributed by atoms with Crippen molar-refractivity contribution in [2.24, 2.45) is 0 Å². The van der Waals surface area contributed by atoms with Gasteiger partial charge in [-0.05, 0) is 58.6 Å². The van der Waals surface area contributed by atoms with Crippen molar-refractivity contribution in [1.82, 2.24) is 14.9 Å². The summed E-state index contributed by atoms with van der Waals surface area (Å²) in [5.74, 6) is 0.925. The van der Waals surface area contributed by atoms with E-state index >= 15 is 0 Å². The number of halogens is 1. The molecule has 1 aromatic heterocycles. The third-order valence-corrected chi connectivity index (χ3v) is 5.12. The van der Waals surface area contributed by atoms with Crippen LogP contribution in [0.25, 0.3) is 10.9 Å². The Bertz CT molecular complexity index is 890. The van der Waals surface area contributed by atoms with Gasteiger partial charge in [0.1, 0.15) is 16.5 Å². The minimum atomic E-state index is -0.504. The highest BCUT2D eigenvalue weighted by molar-refractivity contribution is 6.34. The first-order valence-electron chi connectivity index (χ1n) is 9.88. The zero-order chi connectivity index (χ0) is 21.2. The van der Waals surface area contributed by atoms with Gasteiger partial charge in [0.2, 0.25) is 0 Å². The Labute approximate surface area is 176 Å². The second kappa shape index (κ2) is 8.61. The lowest BCUT2D eigenvalue weighted by Gasteiger charge is -2.34. The molecule has 1 amide bonds. The molecule has 1 saturated heterocycles. The summed E-state index contributed by atoms with van der Waals surface area (Å²) in [4.78, 5) is 22.9. The number of piperidine rings is 1. The van der Waals surface area contributed by atoms with E-state index in [1.165, 1.54) is 0 Å². The monoisotopic (exact) mass is 421 g/mol. The zero-order valence-corrected chi connectivity index (χ0v) is 18.4. The van der Waals surface area contributed by atoms with Gasteiger partial charge in [-0.2, -0.15) is 9.97 Å². The Morgan fingerprint density at radius 1 is 1.24 bits per heavy atom. The number of ether oxygens (including phenoxy) is 3. The highest BCUT2D eigenvalue weighted by atomic mass is 35.5. The lowest BCUT2D eigenvalue weighted by Crippen LogP contribution is -2.41. The van der Waals surface area contributed by atoms with Gasteiger partial charge in [0.15, 0.2) is 0 Å². The molecular formula is C21H28ClN3O4. The fourth-order valence-electron chi connectivity index (χ4n) is 3.62. The normalized spacial score (nSPS) is 15.4. The Kier molecular flexibility index (Phi) is 6.36. The lowest BCUT2D eigenvalue weighted by molar-refractivity contribution is 0.0205. The first-order chi connectivity index (χ1) is 13.7. The number of likely N-dealkylation sites (tertiary alicyclic amines) is 1. The summed E-state index contributed by atoms with van der Waals surface area (Å²) in [5.41, 5.74) is 1.20. The molecular weight excluding hydrogens is 394 g/mol. The lowest BCUT2D eigenvalue weighted by atomic mass is 9.86. The third-order valence-electron chi connectivity index (χ3n) is 4.85. The molecule has 1 aliphatic heterocycles. The van der Waals surface area contributed by atoms with E-state index < -0.39 is 5.60 Å². The highest BCUT2D eigenvalue weighted by Crippen LogP contribution is 2.41. The molecule has 2 heterocycles. The standard InChI is InChI=1S/C21H28ClN3O4/c1-6-28-19-23-14-7-8-15(27-5)16(17(14)18(22)24-19)13-9-11-25(12-10-13)20(26)29-21(2,3)4/h7-8,13H,6,9-12H2,1-5H3. The Balaban J connectivity index is 1.89. The molecule has 0 aliphatic carbocycles. The van der Waals surface area contributed by atoms with E-state index in [2.05, 4.69) is 9.97 Å². The molecule has 8 heteroatoms. The van der Waals surface area contributed by atoms with Crippen molar-refractivity contribution < 1.29 is 19.0 Å². The topological polar surface area (TPSA) is 73.8 Å². The minimum absolute atomic E-state index is 0.173. The van der Waals surface area contributed by atoms with E-state index in [9.17, 15) is 4.79 Å². The number of hydrogen-bond donors (Lipinski definition) is 0. The number of hydrogen-bond acceptors (Lipinski definition) is 6. The Morgan fingerprint density at radius 3 is 2.52 bits per heavy atom. The van der Waals surface area contributed by atoms with E-state index in [1.54, 1.807) is 12.0 Å². The molecule has 0 N–H and O–H groups in total. The molecule has 29 heavy (non-hydrogen) atoms. The number of amides is 1. The van der Waals surface area contributed by atoms with E-state index in [1.807, 2.05) is 39.8 Å². The van der Waals surface area contributed by atoms with E-state index in [0.29, 0.717) is 24.8 Å². The van der Waals surface area contributed by atoms with Crippen LogP contribution in [-0.2, 0) is 4.74 Å². The largest absolute Gasteiger partial charge is 0.496 e.